The quantitative estimate of drug-likeness (QED) is 0.0401. The van der Waals surface area contributed by atoms with Crippen LogP contribution < -0.4 is 44.1 Å². The molecule has 10 heterocycles. The molecular formula is C74H78N18O5. The molecule has 0 spiro atoms. The summed E-state index contributed by atoms with van der Waals surface area (Å²) in [5, 5.41) is 29.9. The molecule has 0 saturated carbocycles. The third-order valence-corrected chi connectivity index (χ3v) is 15.3. The van der Waals surface area contributed by atoms with Crippen molar-refractivity contribution in [3.63, 3.8) is 0 Å². The Morgan fingerprint density at radius 1 is 0.485 bits per heavy atom. The van der Waals surface area contributed by atoms with E-state index in [-0.39, 0.29) is 56.6 Å². The lowest BCUT2D eigenvalue weighted by Crippen LogP contribution is -2.34. The number of rotatable bonds is 9. The number of aryl methyl sites for hydroxylation is 9. The molecule has 0 radical (unpaired) electrons. The number of benzene rings is 3. The van der Waals surface area contributed by atoms with Gasteiger partial charge in [0.15, 0.2) is 5.84 Å². The van der Waals surface area contributed by atoms with Crippen LogP contribution in [-0.4, -0.2) is 71.4 Å². The Hall–Kier alpha value is -12.7. The first-order valence-electron chi connectivity index (χ1n) is 29.4. The van der Waals surface area contributed by atoms with Gasteiger partial charge in [0, 0.05) is 125 Å². The van der Waals surface area contributed by atoms with Crippen LogP contribution in [0.1, 0.15) is 67.4 Å². The highest BCUT2D eigenvalue weighted by Gasteiger charge is 2.18. The van der Waals surface area contributed by atoms with E-state index < -0.39 is 6.03 Å². The van der Waals surface area contributed by atoms with E-state index in [0.29, 0.717) is 56.5 Å². The molecule has 3 aromatic carbocycles. The van der Waals surface area contributed by atoms with Crippen LogP contribution in [0.4, 0.5) is 27.9 Å². The van der Waals surface area contributed by atoms with Crippen LogP contribution in [0.3, 0.4) is 0 Å². The van der Waals surface area contributed by atoms with E-state index >= 15 is 0 Å². The standard InChI is InChI=1S/C24H20N6O2.C24H22N6O2.C17H17N3O.C6H7N3.3CH4/c1-14-7-8-17(27-24-28-22(29-32-24)20-6-4-5-9-25-20)12-18(14)19-11-16-13-26-15(2)10-21(16)30(3)23(19)31;1-14-7-8-17(28-24(32)29-22(25)20-6-4-5-9-26-20)12-18(14)19-11-16-13-27-15(2)10-21(16)30(3)23(19)31;1-10-4-5-13(18)8-14(10)15-7-12-9-19-11(2)6-16(12)20(3)17(15)21;7-6(8)5-3-1-2-4-9-5;;;/h4-13H,1-3H3,(H,27,28,29);4-13H,1-3H3,(H3,25,28,29,32);4-9H,18H2,1-3H3;1-4H,(H3,7,8);3*1H4. The van der Waals surface area contributed by atoms with Gasteiger partial charge in [-0.1, -0.05) is 63.8 Å². The highest BCUT2D eigenvalue weighted by Crippen LogP contribution is 2.31. The molecule has 0 aliphatic carbocycles. The average Bonchev–Trinajstić information content (AvgIpc) is 1.77. The van der Waals surface area contributed by atoms with E-state index in [9.17, 15) is 19.2 Å². The van der Waals surface area contributed by atoms with Gasteiger partial charge in [-0.2, -0.15) is 4.98 Å². The summed E-state index contributed by atoms with van der Waals surface area (Å²) < 4.78 is 10.3. The Kier molecular flexibility index (Phi) is 23.2. The third kappa shape index (κ3) is 16.6. The number of nitrogen functional groups attached to an aromatic ring is 2. The second-order valence-corrected chi connectivity index (χ2v) is 22.1. The van der Waals surface area contributed by atoms with Gasteiger partial charge in [0.2, 0.25) is 5.82 Å². The second-order valence-electron chi connectivity index (χ2n) is 22.1. The van der Waals surface area contributed by atoms with Crippen molar-refractivity contribution in [3.8, 4) is 44.9 Å². The summed E-state index contributed by atoms with van der Waals surface area (Å²) >= 11 is 0. The first-order valence-corrected chi connectivity index (χ1v) is 29.4. The van der Waals surface area contributed by atoms with Crippen molar-refractivity contribution in [2.45, 2.75) is 63.8 Å². The number of hydrogen-bond donors (Lipinski definition) is 7. The monoisotopic (exact) mass is 1300 g/mol. The van der Waals surface area contributed by atoms with Crippen LogP contribution in [0, 0.1) is 52.4 Å². The maximum Gasteiger partial charge on any atom is 0.326 e. The minimum atomic E-state index is -0.568. The van der Waals surface area contributed by atoms with Gasteiger partial charge in [0.1, 0.15) is 22.9 Å². The molecule has 0 fully saturated rings. The minimum Gasteiger partial charge on any atom is -0.399 e. The molecule has 9 N–H and O–H groups in total. The number of nitrogens with zero attached hydrogens (tertiary/aromatic N) is 11. The van der Waals surface area contributed by atoms with Gasteiger partial charge >= 0.3 is 12.0 Å². The molecule has 23 nitrogen and oxygen atoms in total. The van der Waals surface area contributed by atoms with E-state index in [2.05, 4.69) is 56.0 Å². The Labute approximate surface area is 561 Å². The number of carbonyl (C=O) groups excluding carboxylic acids is 1. The zero-order valence-electron chi connectivity index (χ0n) is 52.9. The van der Waals surface area contributed by atoms with Crippen molar-refractivity contribution < 1.29 is 9.32 Å². The molecule has 0 aliphatic heterocycles. The summed E-state index contributed by atoms with van der Waals surface area (Å²) in [5.74, 6) is 0.295. The summed E-state index contributed by atoms with van der Waals surface area (Å²) in [6.07, 6.45) is 10.2. The maximum atomic E-state index is 13.2. The van der Waals surface area contributed by atoms with Gasteiger partial charge < -0.3 is 40.3 Å². The highest BCUT2D eigenvalue weighted by molar-refractivity contribution is 6.08. The van der Waals surface area contributed by atoms with Crippen LogP contribution in [0.15, 0.2) is 202 Å². The fourth-order valence-electron chi connectivity index (χ4n) is 10.3. The number of pyridine rings is 9. The Morgan fingerprint density at radius 3 is 1.34 bits per heavy atom. The zero-order chi connectivity index (χ0) is 66.9. The molecule has 0 saturated heterocycles. The number of fused-ring (bicyclic) bond motifs is 3. The number of anilines is 4. The van der Waals surface area contributed by atoms with Crippen LogP contribution in [0.5, 0.6) is 0 Å². The molecular weight excluding hydrogens is 1220 g/mol. The Bertz CT molecular complexity index is 5220. The topological polar surface area (TPSA) is 335 Å². The molecule has 494 valence electrons. The summed E-state index contributed by atoms with van der Waals surface area (Å²) in [7, 11) is 5.31. The number of amides is 2. The normalized spacial score (nSPS) is 10.4. The predicted molar refractivity (Wildman–Crippen MR) is 390 cm³/mol. The number of carbonyl (C=O) groups is 1. The number of urea groups is 1. The van der Waals surface area contributed by atoms with E-state index in [4.69, 9.17) is 26.8 Å². The summed E-state index contributed by atoms with van der Waals surface area (Å²) in [6, 6.07) is 43.6. The second kappa shape index (κ2) is 31.3. The van der Waals surface area contributed by atoms with Crippen LogP contribution >= 0.6 is 0 Å². The summed E-state index contributed by atoms with van der Waals surface area (Å²) in [4.78, 5) is 80.8. The molecule has 0 aliphatic rings. The average molecular weight is 1300 g/mol. The van der Waals surface area contributed by atoms with Gasteiger partial charge in [-0.3, -0.25) is 60.4 Å². The molecule has 97 heavy (non-hydrogen) atoms. The minimum absolute atomic E-state index is 0. The lowest BCUT2D eigenvalue weighted by molar-refractivity contribution is 0.256. The molecule has 0 unspecified atom stereocenters. The maximum absolute atomic E-state index is 13.2. The summed E-state index contributed by atoms with van der Waals surface area (Å²) in [5.41, 5.74) is 26.4. The number of nitrogens with one attached hydrogen (secondary N) is 5. The molecule has 13 aromatic rings. The first kappa shape index (κ1) is 71.8. The molecule has 0 bridgehead atoms. The van der Waals surface area contributed by atoms with Crippen molar-refractivity contribution >= 4 is 73.5 Å². The number of hydrogen-bond acceptors (Lipinski definition) is 17. The predicted octanol–water partition coefficient (Wildman–Crippen LogP) is 13.2. The van der Waals surface area contributed by atoms with E-state index in [1.165, 1.54) is 0 Å². The molecule has 13 rings (SSSR count). The summed E-state index contributed by atoms with van der Waals surface area (Å²) in [6.45, 7) is 11.6. The van der Waals surface area contributed by atoms with Crippen molar-refractivity contribution in [3.05, 3.63) is 259 Å². The van der Waals surface area contributed by atoms with Gasteiger partial charge in [0.05, 0.1) is 16.6 Å². The fraction of sp³-hybridized carbons (Fsp3) is 0.162. The van der Waals surface area contributed by atoms with Gasteiger partial charge in [-0.15, -0.1) is 0 Å². The Morgan fingerprint density at radius 2 is 0.907 bits per heavy atom. The Balaban J connectivity index is 0.000000193. The van der Waals surface area contributed by atoms with Crippen LogP contribution in [0.2, 0.25) is 0 Å². The van der Waals surface area contributed by atoms with Crippen molar-refractivity contribution in [1.82, 2.24) is 59.1 Å². The number of nitrogens with two attached hydrogens (primary N) is 2. The van der Waals surface area contributed by atoms with E-state index in [1.54, 1.807) is 121 Å². The fourth-order valence-corrected chi connectivity index (χ4v) is 10.3. The smallest absolute Gasteiger partial charge is 0.326 e. The first-order chi connectivity index (χ1) is 45.1. The molecule has 23 heteroatoms. The third-order valence-electron chi connectivity index (χ3n) is 15.3. The van der Waals surface area contributed by atoms with Gasteiger partial charge in [-0.05, 0) is 184 Å². The van der Waals surface area contributed by atoms with Crippen LogP contribution in [-0.2, 0) is 21.1 Å². The molecule has 0 atom stereocenters. The number of amidine groups is 2. The largest absolute Gasteiger partial charge is 0.399 e. The van der Waals surface area contributed by atoms with Crippen molar-refractivity contribution in [2.24, 2.45) is 26.9 Å². The lowest BCUT2D eigenvalue weighted by Gasteiger charge is -2.13. The zero-order valence-corrected chi connectivity index (χ0v) is 52.9. The van der Waals surface area contributed by atoms with Gasteiger partial charge in [0.25, 0.3) is 16.7 Å². The van der Waals surface area contributed by atoms with Gasteiger partial charge in [-0.25, -0.2) is 4.79 Å². The van der Waals surface area contributed by atoms with E-state index in [1.807, 2.05) is 139 Å². The molecule has 2 amide bonds. The SMILES string of the molecule is C.C.C.Cc1cc2c(cn1)cc(-c1cc(N)ccc1C)c(=O)n2C.Cc1cc2c(cn1)cc(-c1cc(NC(=O)NC(=N)c3ccccn3)ccc1C)c(=O)n2C.Cc1cc2c(cn1)cc(-c1cc(Nc3nc(-c4ccccn4)no3)ccc1C)c(=O)n2C.N=C(N)c1ccccn1. The van der Waals surface area contributed by atoms with Crippen molar-refractivity contribution in [1.29, 1.82) is 10.8 Å². The lowest BCUT2D eigenvalue weighted by atomic mass is 9.99. The van der Waals surface area contributed by atoms with Crippen LogP contribution in [0.25, 0.3) is 77.6 Å². The number of aromatic nitrogens is 11. The molecule has 10 aromatic heterocycles. The van der Waals surface area contributed by atoms with E-state index in [0.717, 1.165) is 83.3 Å². The van der Waals surface area contributed by atoms with Crippen molar-refractivity contribution in [2.75, 3.05) is 16.4 Å². The highest BCUT2D eigenvalue weighted by atomic mass is 16.5.